The smallest absolute Gasteiger partial charge is 0.125 e. The predicted molar refractivity (Wildman–Crippen MR) is 79.5 cm³/mol. The largest absolute Gasteiger partial charge is 0.507 e. The van der Waals surface area contributed by atoms with Crippen LogP contribution in [0.2, 0.25) is 0 Å². The van der Waals surface area contributed by atoms with E-state index < -0.39 is 0 Å². The summed E-state index contributed by atoms with van der Waals surface area (Å²) in [6.45, 7) is 6.31. The second kappa shape index (κ2) is 7.13. The molecule has 19 heavy (non-hydrogen) atoms. The standard InChI is InChI=1S/C15H23NO2.ClH/c1-11-5-4-8-16(12(11)2)9-13-6-3-7-14(10-17)15(13)18;/h3,6-7,11-12,17-18H,4-5,8-10H2,1-2H3;1H. The molecule has 1 heterocycles. The molecule has 2 atom stereocenters. The van der Waals surface area contributed by atoms with Crippen molar-refractivity contribution in [1.82, 2.24) is 4.90 Å². The molecule has 0 aliphatic carbocycles. The van der Waals surface area contributed by atoms with Crippen LogP contribution in [-0.4, -0.2) is 27.7 Å². The Labute approximate surface area is 121 Å². The maximum atomic E-state index is 10.1. The summed E-state index contributed by atoms with van der Waals surface area (Å²) in [7, 11) is 0. The van der Waals surface area contributed by atoms with Gasteiger partial charge in [0.05, 0.1) is 6.61 Å². The molecule has 2 N–H and O–H groups in total. The van der Waals surface area contributed by atoms with Gasteiger partial charge < -0.3 is 10.2 Å². The molecule has 0 aromatic heterocycles. The number of phenols is 1. The van der Waals surface area contributed by atoms with Crippen LogP contribution < -0.4 is 0 Å². The number of halogens is 1. The SMILES string of the molecule is CC1CCCN(Cc2cccc(CO)c2O)C1C.Cl. The molecule has 1 saturated heterocycles. The molecule has 2 unspecified atom stereocenters. The average Bonchev–Trinajstić information content (AvgIpc) is 2.37. The molecular formula is C15H24ClNO2. The summed E-state index contributed by atoms with van der Waals surface area (Å²) >= 11 is 0. The Kier molecular flexibility index (Phi) is 6.11. The van der Waals surface area contributed by atoms with Crippen molar-refractivity contribution in [2.75, 3.05) is 6.54 Å². The van der Waals surface area contributed by atoms with Crippen molar-refractivity contribution >= 4 is 12.4 Å². The first-order chi connectivity index (χ1) is 8.63. The minimum absolute atomic E-state index is 0. The van der Waals surface area contributed by atoms with Crippen LogP contribution in [0.5, 0.6) is 5.75 Å². The lowest BCUT2D eigenvalue weighted by Crippen LogP contribution is -2.41. The first kappa shape index (κ1) is 16.3. The maximum absolute atomic E-state index is 10.1. The Balaban J connectivity index is 0.00000180. The number of piperidine rings is 1. The van der Waals surface area contributed by atoms with Crippen LogP contribution in [-0.2, 0) is 13.2 Å². The Bertz CT molecular complexity index is 411. The maximum Gasteiger partial charge on any atom is 0.125 e. The van der Waals surface area contributed by atoms with E-state index in [2.05, 4.69) is 18.7 Å². The van der Waals surface area contributed by atoms with Crippen molar-refractivity contribution in [2.45, 2.75) is 45.9 Å². The van der Waals surface area contributed by atoms with Gasteiger partial charge in [-0.1, -0.05) is 25.1 Å². The Morgan fingerprint density at radius 3 is 2.63 bits per heavy atom. The van der Waals surface area contributed by atoms with Crippen molar-refractivity contribution in [3.8, 4) is 5.75 Å². The highest BCUT2D eigenvalue weighted by atomic mass is 35.5. The van der Waals surface area contributed by atoms with Crippen molar-refractivity contribution in [1.29, 1.82) is 0 Å². The number of hydrogen-bond acceptors (Lipinski definition) is 3. The summed E-state index contributed by atoms with van der Waals surface area (Å²) in [5.74, 6) is 0.965. The Morgan fingerprint density at radius 1 is 1.26 bits per heavy atom. The van der Waals surface area contributed by atoms with E-state index in [4.69, 9.17) is 5.11 Å². The molecule has 4 heteroatoms. The Morgan fingerprint density at radius 2 is 1.95 bits per heavy atom. The van der Waals surface area contributed by atoms with Gasteiger partial charge in [-0.3, -0.25) is 4.90 Å². The third kappa shape index (κ3) is 3.62. The van der Waals surface area contributed by atoms with E-state index >= 15 is 0 Å². The van der Waals surface area contributed by atoms with Crippen molar-refractivity contribution in [2.24, 2.45) is 5.92 Å². The number of hydrogen-bond donors (Lipinski definition) is 2. The molecule has 0 bridgehead atoms. The lowest BCUT2D eigenvalue weighted by atomic mass is 9.91. The topological polar surface area (TPSA) is 43.7 Å². The van der Waals surface area contributed by atoms with E-state index in [1.165, 1.54) is 12.8 Å². The molecule has 0 amide bonds. The number of aliphatic hydroxyl groups is 1. The summed E-state index contributed by atoms with van der Waals surface area (Å²) in [6.07, 6.45) is 2.52. The fourth-order valence-corrected chi connectivity index (χ4v) is 2.76. The molecule has 2 rings (SSSR count). The number of rotatable bonds is 3. The van der Waals surface area contributed by atoms with Gasteiger partial charge in [0.25, 0.3) is 0 Å². The summed E-state index contributed by atoms with van der Waals surface area (Å²) in [5.41, 5.74) is 1.53. The predicted octanol–water partition coefficient (Wildman–Crippen LogP) is 2.93. The number of para-hydroxylation sites is 1. The summed E-state index contributed by atoms with van der Waals surface area (Å²) < 4.78 is 0. The van der Waals surface area contributed by atoms with Crippen LogP contribution in [0.4, 0.5) is 0 Å². The van der Waals surface area contributed by atoms with E-state index in [1.807, 2.05) is 12.1 Å². The second-order valence-corrected chi connectivity index (χ2v) is 5.41. The zero-order valence-electron chi connectivity index (χ0n) is 11.7. The van der Waals surface area contributed by atoms with Crippen LogP contribution in [0.15, 0.2) is 18.2 Å². The van der Waals surface area contributed by atoms with E-state index in [0.717, 1.165) is 18.7 Å². The number of aromatic hydroxyl groups is 1. The van der Waals surface area contributed by atoms with Gasteiger partial charge in [-0.2, -0.15) is 0 Å². The number of nitrogens with zero attached hydrogens (tertiary/aromatic N) is 1. The molecule has 1 aliphatic rings. The van der Waals surface area contributed by atoms with Crippen molar-refractivity contribution in [3.63, 3.8) is 0 Å². The molecule has 0 radical (unpaired) electrons. The van der Waals surface area contributed by atoms with Crippen LogP contribution in [0.25, 0.3) is 0 Å². The summed E-state index contributed by atoms with van der Waals surface area (Å²) in [6, 6.07) is 6.16. The average molecular weight is 286 g/mol. The number of likely N-dealkylation sites (tertiary alicyclic amines) is 1. The normalized spacial score (nSPS) is 23.9. The molecule has 1 aromatic rings. The first-order valence-corrected chi connectivity index (χ1v) is 6.78. The van der Waals surface area contributed by atoms with E-state index in [-0.39, 0.29) is 24.8 Å². The van der Waals surface area contributed by atoms with Crippen LogP contribution >= 0.6 is 12.4 Å². The van der Waals surface area contributed by atoms with E-state index in [1.54, 1.807) is 6.07 Å². The van der Waals surface area contributed by atoms with Gasteiger partial charge in [-0.15, -0.1) is 12.4 Å². The summed E-state index contributed by atoms with van der Waals surface area (Å²) in [4.78, 5) is 2.42. The Hall–Kier alpha value is -0.770. The van der Waals surface area contributed by atoms with Crippen molar-refractivity contribution < 1.29 is 10.2 Å². The lowest BCUT2D eigenvalue weighted by Gasteiger charge is -2.38. The molecule has 3 nitrogen and oxygen atoms in total. The quantitative estimate of drug-likeness (QED) is 0.897. The number of aliphatic hydroxyl groups excluding tert-OH is 1. The molecule has 1 aliphatic heterocycles. The van der Waals surface area contributed by atoms with Gasteiger partial charge in [0.1, 0.15) is 5.75 Å². The van der Waals surface area contributed by atoms with Crippen molar-refractivity contribution in [3.05, 3.63) is 29.3 Å². The fourth-order valence-electron chi connectivity index (χ4n) is 2.76. The van der Waals surface area contributed by atoms with Gasteiger partial charge in [-0.05, 0) is 32.2 Å². The molecule has 0 saturated carbocycles. The van der Waals surface area contributed by atoms with E-state index in [9.17, 15) is 5.11 Å². The van der Waals surface area contributed by atoms with Gasteiger partial charge in [-0.25, -0.2) is 0 Å². The third-order valence-corrected chi connectivity index (χ3v) is 4.25. The van der Waals surface area contributed by atoms with Crippen LogP contribution in [0.3, 0.4) is 0 Å². The highest BCUT2D eigenvalue weighted by Crippen LogP contribution is 2.28. The van der Waals surface area contributed by atoms with Gasteiger partial charge in [0, 0.05) is 23.7 Å². The molecular weight excluding hydrogens is 262 g/mol. The highest BCUT2D eigenvalue weighted by Gasteiger charge is 2.25. The molecule has 108 valence electrons. The van der Waals surface area contributed by atoms with Crippen LogP contribution in [0, 0.1) is 5.92 Å². The summed E-state index contributed by atoms with van der Waals surface area (Å²) in [5, 5.41) is 19.3. The van der Waals surface area contributed by atoms with Gasteiger partial charge in [0.2, 0.25) is 0 Å². The van der Waals surface area contributed by atoms with E-state index in [0.29, 0.717) is 17.5 Å². The van der Waals surface area contributed by atoms with Crippen LogP contribution in [0.1, 0.15) is 37.8 Å². The zero-order chi connectivity index (χ0) is 13.1. The first-order valence-electron chi connectivity index (χ1n) is 6.78. The highest BCUT2D eigenvalue weighted by molar-refractivity contribution is 5.85. The molecule has 1 aromatic carbocycles. The number of benzene rings is 1. The zero-order valence-corrected chi connectivity index (χ0v) is 12.5. The monoisotopic (exact) mass is 285 g/mol. The van der Waals surface area contributed by atoms with Gasteiger partial charge >= 0.3 is 0 Å². The molecule has 1 fully saturated rings. The second-order valence-electron chi connectivity index (χ2n) is 5.41. The third-order valence-electron chi connectivity index (χ3n) is 4.25. The fraction of sp³-hybridized carbons (Fsp3) is 0.600. The molecule has 0 spiro atoms. The van der Waals surface area contributed by atoms with Gasteiger partial charge in [0.15, 0.2) is 0 Å². The lowest BCUT2D eigenvalue weighted by molar-refractivity contribution is 0.105. The minimum atomic E-state index is -0.106. The minimum Gasteiger partial charge on any atom is -0.507 e.